The van der Waals surface area contributed by atoms with E-state index >= 15 is 0 Å². The van der Waals surface area contributed by atoms with Crippen molar-refractivity contribution in [3.63, 3.8) is 0 Å². The minimum Gasteiger partial charge on any atom is -0.394 e. The van der Waals surface area contributed by atoms with E-state index in [-0.39, 0.29) is 18.7 Å². The lowest BCUT2D eigenvalue weighted by atomic mass is 10.2. The molecule has 3 rings (SSSR count). The Bertz CT molecular complexity index is 826. The molecule has 126 valence electrons. The van der Waals surface area contributed by atoms with Crippen molar-refractivity contribution in [2.45, 2.75) is 20.0 Å². The van der Waals surface area contributed by atoms with Crippen LogP contribution in [0.3, 0.4) is 0 Å². The summed E-state index contributed by atoms with van der Waals surface area (Å²) in [4.78, 5) is 5.26. The van der Waals surface area contributed by atoms with E-state index in [9.17, 15) is 8.78 Å². The third kappa shape index (κ3) is 3.44. The van der Waals surface area contributed by atoms with Gasteiger partial charge in [-0.1, -0.05) is 17.4 Å². The minimum atomic E-state index is -0.584. The number of hydrogen-bond acceptors (Lipinski definition) is 5. The highest BCUT2D eigenvalue weighted by Crippen LogP contribution is 2.32. The van der Waals surface area contributed by atoms with Crippen LogP contribution in [0.5, 0.6) is 0 Å². The maximum atomic E-state index is 13.6. The average molecular weight is 350 g/mol. The number of aliphatic hydroxyl groups is 1. The Morgan fingerprint density at radius 2 is 2.00 bits per heavy atom. The standard InChI is InChI=1S/C16H16F2N4OS/c1-10-15(14-5-6-22(21-14)7-8-23)24-16(20-10)19-9-11-12(17)3-2-4-13(11)18/h2-6,23H,7-9H2,1H3,(H,19,20). The summed E-state index contributed by atoms with van der Waals surface area (Å²) in [6.45, 7) is 2.31. The lowest BCUT2D eigenvalue weighted by Crippen LogP contribution is -2.04. The molecule has 0 radical (unpaired) electrons. The van der Waals surface area contributed by atoms with Crippen molar-refractivity contribution in [3.05, 3.63) is 53.4 Å². The Labute approximate surface area is 141 Å². The molecule has 2 heterocycles. The largest absolute Gasteiger partial charge is 0.394 e. The van der Waals surface area contributed by atoms with Crippen molar-refractivity contribution in [2.24, 2.45) is 0 Å². The van der Waals surface area contributed by atoms with Gasteiger partial charge in [0.2, 0.25) is 0 Å². The van der Waals surface area contributed by atoms with E-state index < -0.39 is 11.6 Å². The zero-order valence-electron chi connectivity index (χ0n) is 13.0. The molecule has 0 fully saturated rings. The van der Waals surface area contributed by atoms with Gasteiger partial charge in [-0.15, -0.1) is 0 Å². The molecule has 0 aliphatic heterocycles. The Kier molecular flexibility index (Phi) is 4.86. The van der Waals surface area contributed by atoms with Crippen LogP contribution in [0.4, 0.5) is 13.9 Å². The van der Waals surface area contributed by atoms with Crippen LogP contribution in [0, 0.1) is 18.6 Å². The number of anilines is 1. The van der Waals surface area contributed by atoms with Gasteiger partial charge in [0, 0.05) is 18.3 Å². The summed E-state index contributed by atoms with van der Waals surface area (Å²) in [6.07, 6.45) is 1.78. The third-order valence-corrected chi connectivity index (χ3v) is 4.61. The molecule has 3 aromatic rings. The quantitative estimate of drug-likeness (QED) is 0.717. The lowest BCUT2D eigenvalue weighted by Gasteiger charge is -2.05. The van der Waals surface area contributed by atoms with Crippen molar-refractivity contribution in [1.82, 2.24) is 14.8 Å². The number of aryl methyl sites for hydroxylation is 1. The van der Waals surface area contributed by atoms with Crippen molar-refractivity contribution in [1.29, 1.82) is 0 Å². The molecule has 0 bridgehead atoms. The molecule has 2 aromatic heterocycles. The second-order valence-electron chi connectivity index (χ2n) is 5.17. The number of hydrogen-bond donors (Lipinski definition) is 2. The Morgan fingerprint density at radius 3 is 2.71 bits per heavy atom. The van der Waals surface area contributed by atoms with Gasteiger partial charge in [0.25, 0.3) is 0 Å². The number of thiazole rings is 1. The van der Waals surface area contributed by atoms with E-state index in [0.717, 1.165) is 16.3 Å². The van der Waals surface area contributed by atoms with Crippen molar-refractivity contribution in [2.75, 3.05) is 11.9 Å². The molecular weight excluding hydrogens is 334 g/mol. The number of rotatable bonds is 6. The second-order valence-corrected chi connectivity index (χ2v) is 6.17. The third-order valence-electron chi connectivity index (χ3n) is 3.48. The summed E-state index contributed by atoms with van der Waals surface area (Å²) >= 11 is 1.37. The summed E-state index contributed by atoms with van der Waals surface area (Å²) in [5.41, 5.74) is 1.52. The summed E-state index contributed by atoms with van der Waals surface area (Å²) in [6, 6.07) is 5.64. The fourth-order valence-electron chi connectivity index (χ4n) is 2.28. The predicted molar refractivity (Wildman–Crippen MR) is 88.8 cm³/mol. The van der Waals surface area contributed by atoms with Crippen molar-refractivity contribution < 1.29 is 13.9 Å². The number of aliphatic hydroxyl groups excluding tert-OH is 1. The van der Waals surface area contributed by atoms with E-state index in [2.05, 4.69) is 15.4 Å². The van der Waals surface area contributed by atoms with Crippen LogP contribution in [-0.2, 0) is 13.1 Å². The molecule has 0 spiro atoms. The van der Waals surface area contributed by atoms with Gasteiger partial charge >= 0.3 is 0 Å². The maximum absolute atomic E-state index is 13.6. The average Bonchev–Trinajstić information content (AvgIpc) is 3.14. The zero-order chi connectivity index (χ0) is 17.1. The minimum absolute atomic E-state index is 0.0147. The van der Waals surface area contributed by atoms with Crippen molar-refractivity contribution in [3.8, 4) is 10.6 Å². The number of nitrogens with one attached hydrogen (secondary N) is 1. The Hall–Kier alpha value is -2.32. The molecule has 0 aliphatic rings. The predicted octanol–water partition coefficient (Wildman–Crippen LogP) is 3.20. The first kappa shape index (κ1) is 16.5. The zero-order valence-corrected chi connectivity index (χ0v) is 13.8. The lowest BCUT2D eigenvalue weighted by molar-refractivity contribution is 0.269. The first-order valence-corrected chi connectivity index (χ1v) is 8.19. The number of benzene rings is 1. The van der Waals surface area contributed by atoms with E-state index in [1.54, 1.807) is 10.9 Å². The molecule has 0 amide bonds. The highest BCUT2D eigenvalue weighted by atomic mass is 32.1. The van der Waals surface area contributed by atoms with Crippen LogP contribution in [0.25, 0.3) is 10.6 Å². The van der Waals surface area contributed by atoms with Crippen LogP contribution in [-0.4, -0.2) is 26.5 Å². The summed E-state index contributed by atoms with van der Waals surface area (Å²) in [7, 11) is 0. The summed E-state index contributed by atoms with van der Waals surface area (Å²) in [5, 5.41) is 16.8. The smallest absolute Gasteiger partial charge is 0.183 e. The van der Waals surface area contributed by atoms with Crippen LogP contribution < -0.4 is 5.32 Å². The topological polar surface area (TPSA) is 63.0 Å². The monoisotopic (exact) mass is 350 g/mol. The Morgan fingerprint density at radius 1 is 1.25 bits per heavy atom. The number of aromatic nitrogens is 3. The Balaban J connectivity index is 1.76. The second kappa shape index (κ2) is 7.06. The van der Waals surface area contributed by atoms with Crippen LogP contribution in [0.1, 0.15) is 11.3 Å². The van der Waals surface area contributed by atoms with Gasteiger partial charge in [-0.2, -0.15) is 5.10 Å². The normalized spacial score (nSPS) is 11.0. The van der Waals surface area contributed by atoms with Gasteiger partial charge < -0.3 is 10.4 Å². The first-order valence-electron chi connectivity index (χ1n) is 7.37. The van der Waals surface area contributed by atoms with Gasteiger partial charge in [0.1, 0.15) is 17.3 Å². The van der Waals surface area contributed by atoms with Crippen molar-refractivity contribution >= 4 is 16.5 Å². The highest BCUT2D eigenvalue weighted by Gasteiger charge is 2.14. The van der Waals surface area contributed by atoms with Gasteiger partial charge in [-0.05, 0) is 25.1 Å². The SMILES string of the molecule is Cc1nc(NCc2c(F)cccc2F)sc1-c1ccn(CCO)n1. The molecule has 5 nitrogen and oxygen atoms in total. The molecule has 1 aromatic carbocycles. The molecule has 0 saturated carbocycles. The van der Waals surface area contributed by atoms with Gasteiger partial charge in [-0.3, -0.25) is 4.68 Å². The molecule has 0 saturated heterocycles. The van der Waals surface area contributed by atoms with E-state index in [1.807, 2.05) is 13.0 Å². The van der Waals surface area contributed by atoms with Crippen LogP contribution in [0.2, 0.25) is 0 Å². The highest BCUT2D eigenvalue weighted by molar-refractivity contribution is 7.19. The molecular formula is C16H16F2N4OS. The fraction of sp³-hybridized carbons (Fsp3) is 0.250. The molecule has 24 heavy (non-hydrogen) atoms. The fourth-order valence-corrected chi connectivity index (χ4v) is 3.21. The van der Waals surface area contributed by atoms with E-state index in [4.69, 9.17) is 5.11 Å². The molecule has 0 aliphatic carbocycles. The van der Waals surface area contributed by atoms with Gasteiger partial charge in [0.15, 0.2) is 5.13 Å². The molecule has 2 N–H and O–H groups in total. The maximum Gasteiger partial charge on any atom is 0.183 e. The van der Waals surface area contributed by atoms with Crippen LogP contribution in [0.15, 0.2) is 30.5 Å². The van der Waals surface area contributed by atoms with E-state index in [0.29, 0.717) is 11.7 Å². The molecule has 0 unspecified atom stereocenters. The number of halogens is 2. The molecule has 8 heteroatoms. The van der Waals surface area contributed by atoms with E-state index in [1.165, 1.54) is 29.5 Å². The van der Waals surface area contributed by atoms with Gasteiger partial charge in [0.05, 0.1) is 23.7 Å². The molecule has 0 atom stereocenters. The van der Waals surface area contributed by atoms with Crippen LogP contribution >= 0.6 is 11.3 Å². The summed E-state index contributed by atoms with van der Waals surface area (Å²) < 4.78 is 28.9. The number of nitrogens with zero attached hydrogens (tertiary/aromatic N) is 3. The van der Waals surface area contributed by atoms with Gasteiger partial charge in [-0.25, -0.2) is 13.8 Å². The summed E-state index contributed by atoms with van der Waals surface area (Å²) in [5.74, 6) is -1.17. The first-order chi connectivity index (χ1) is 11.6.